The molecule has 0 spiro atoms. The summed E-state index contributed by atoms with van der Waals surface area (Å²) in [5.41, 5.74) is 3.43. The van der Waals surface area contributed by atoms with Gasteiger partial charge in [-0.2, -0.15) is 0 Å². The van der Waals surface area contributed by atoms with Gasteiger partial charge >= 0.3 is 0 Å². The SMILES string of the molecule is CCOCC(NN)c1ccoc1Cl. The Hall–Kier alpha value is -0.550. The van der Waals surface area contributed by atoms with Crippen LogP contribution in [0.5, 0.6) is 0 Å². The molecule has 13 heavy (non-hydrogen) atoms. The summed E-state index contributed by atoms with van der Waals surface area (Å²) in [5.74, 6) is 5.34. The maximum atomic E-state index is 5.77. The molecular formula is C8H13ClN2O2. The second kappa shape index (κ2) is 5.24. The number of hydrogen-bond acceptors (Lipinski definition) is 4. The Morgan fingerprint density at radius 3 is 3.00 bits per heavy atom. The van der Waals surface area contributed by atoms with Crippen molar-refractivity contribution in [1.82, 2.24) is 5.43 Å². The average Bonchev–Trinajstić information content (AvgIpc) is 2.54. The van der Waals surface area contributed by atoms with Gasteiger partial charge in [-0.15, -0.1) is 0 Å². The van der Waals surface area contributed by atoms with Gasteiger partial charge in [0.1, 0.15) is 0 Å². The van der Waals surface area contributed by atoms with E-state index in [1.807, 2.05) is 6.92 Å². The lowest BCUT2D eigenvalue weighted by molar-refractivity contribution is 0.123. The molecule has 0 aliphatic heterocycles. The standard InChI is InChI=1S/C8H13ClN2O2/c1-2-12-5-7(11-10)6-3-4-13-8(6)9/h3-4,7,11H,2,5,10H2,1H3. The fourth-order valence-corrected chi connectivity index (χ4v) is 1.26. The molecule has 0 fully saturated rings. The number of ether oxygens (including phenoxy) is 1. The highest BCUT2D eigenvalue weighted by atomic mass is 35.5. The van der Waals surface area contributed by atoms with Gasteiger partial charge in [0.2, 0.25) is 0 Å². The third kappa shape index (κ3) is 2.70. The Balaban J connectivity index is 2.61. The Bertz CT molecular complexity index is 252. The van der Waals surface area contributed by atoms with E-state index in [0.29, 0.717) is 18.4 Å². The number of hydrazine groups is 1. The Labute approximate surface area is 82.0 Å². The molecule has 4 nitrogen and oxygen atoms in total. The Morgan fingerprint density at radius 1 is 1.77 bits per heavy atom. The zero-order valence-corrected chi connectivity index (χ0v) is 8.17. The fourth-order valence-electron chi connectivity index (χ4n) is 1.02. The van der Waals surface area contributed by atoms with Crippen LogP contribution >= 0.6 is 11.6 Å². The van der Waals surface area contributed by atoms with Crippen molar-refractivity contribution >= 4 is 11.6 Å². The van der Waals surface area contributed by atoms with Gasteiger partial charge in [-0.3, -0.25) is 11.3 Å². The monoisotopic (exact) mass is 204 g/mol. The van der Waals surface area contributed by atoms with Crippen LogP contribution in [0.4, 0.5) is 0 Å². The van der Waals surface area contributed by atoms with Gasteiger partial charge in [-0.25, -0.2) is 0 Å². The molecule has 1 heterocycles. The Kier molecular flexibility index (Phi) is 4.24. The molecule has 0 saturated carbocycles. The van der Waals surface area contributed by atoms with E-state index in [9.17, 15) is 0 Å². The molecule has 3 N–H and O–H groups in total. The molecule has 0 radical (unpaired) electrons. The molecule has 0 aromatic carbocycles. The maximum absolute atomic E-state index is 5.77. The van der Waals surface area contributed by atoms with Crippen LogP contribution in [0.1, 0.15) is 18.5 Å². The molecule has 0 aliphatic carbocycles. The van der Waals surface area contributed by atoms with Gasteiger partial charge in [0.25, 0.3) is 0 Å². The van der Waals surface area contributed by atoms with Crippen LogP contribution in [0.3, 0.4) is 0 Å². The van der Waals surface area contributed by atoms with Crippen molar-refractivity contribution in [2.75, 3.05) is 13.2 Å². The number of nitrogens with two attached hydrogens (primary N) is 1. The van der Waals surface area contributed by atoms with Crippen LogP contribution in [-0.4, -0.2) is 13.2 Å². The molecule has 1 aromatic heterocycles. The van der Waals surface area contributed by atoms with E-state index in [2.05, 4.69) is 5.43 Å². The van der Waals surface area contributed by atoms with Crippen LogP contribution < -0.4 is 11.3 Å². The van der Waals surface area contributed by atoms with Gasteiger partial charge in [-0.05, 0) is 24.6 Å². The molecule has 0 aliphatic rings. The lowest BCUT2D eigenvalue weighted by Gasteiger charge is -2.13. The second-order valence-electron chi connectivity index (χ2n) is 2.53. The first-order valence-electron chi connectivity index (χ1n) is 4.06. The van der Waals surface area contributed by atoms with Crippen molar-refractivity contribution in [3.05, 3.63) is 23.1 Å². The van der Waals surface area contributed by atoms with E-state index in [0.717, 1.165) is 5.56 Å². The van der Waals surface area contributed by atoms with Crippen LogP contribution in [-0.2, 0) is 4.74 Å². The zero-order valence-electron chi connectivity index (χ0n) is 7.42. The van der Waals surface area contributed by atoms with E-state index in [4.69, 9.17) is 26.6 Å². The van der Waals surface area contributed by atoms with E-state index in [1.165, 1.54) is 6.26 Å². The smallest absolute Gasteiger partial charge is 0.197 e. The van der Waals surface area contributed by atoms with Crippen molar-refractivity contribution in [3.8, 4) is 0 Å². The van der Waals surface area contributed by atoms with Crippen molar-refractivity contribution in [2.24, 2.45) is 5.84 Å². The van der Waals surface area contributed by atoms with Crippen molar-refractivity contribution in [1.29, 1.82) is 0 Å². The highest BCUT2D eigenvalue weighted by Gasteiger charge is 2.15. The highest BCUT2D eigenvalue weighted by Crippen LogP contribution is 2.23. The maximum Gasteiger partial charge on any atom is 0.197 e. The van der Waals surface area contributed by atoms with Gasteiger partial charge in [0.15, 0.2) is 5.22 Å². The third-order valence-corrected chi connectivity index (χ3v) is 2.02. The largest absolute Gasteiger partial charge is 0.453 e. The van der Waals surface area contributed by atoms with Crippen LogP contribution in [0.2, 0.25) is 5.22 Å². The molecule has 0 saturated heterocycles. The van der Waals surface area contributed by atoms with Gasteiger partial charge < -0.3 is 9.15 Å². The van der Waals surface area contributed by atoms with Crippen molar-refractivity contribution < 1.29 is 9.15 Å². The predicted octanol–water partition coefficient (Wildman–Crippen LogP) is 1.47. The molecule has 5 heteroatoms. The normalized spacial score (nSPS) is 13.2. The summed E-state index contributed by atoms with van der Waals surface area (Å²) in [7, 11) is 0. The quantitative estimate of drug-likeness (QED) is 0.564. The molecule has 74 valence electrons. The van der Waals surface area contributed by atoms with E-state index >= 15 is 0 Å². The lowest BCUT2D eigenvalue weighted by atomic mass is 10.2. The molecule has 0 amide bonds. The number of halogens is 1. The van der Waals surface area contributed by atoms with Crippen LogP contribution in [0.25, 0.3) is 0 Å². The van der Waals surface area contributed by atoms with E-state index < -0.39 is 0 Å². The van der Waals surface area contributed by atoms with Crippen LogP contribution in [0.15, 0.2) is 16.7 Å². The molecule has 1 unspecified atom stereocenters. The van der Waals surface area contributed by atoms with E-state index in [1.54, 1.807) is 6.07 Å². The van der Waals surface area contributed by atoms with Gasteiger partial charge in [0, 0.05) is 12.2 Å². The summed E-state index contributed by atoms with van der Waals surface area (Å²) >= 11 is 5.77. The van der Waals surface area contributed by atoms with Crippen molar-refractivity contribution in [3.63, 3.8) is 0 Å². The lowest BCUT2D eigenvalue weighted by Crippen LogP contribution is -2.31. The third-order valence-electron chi connectivity index (χ3n) is 1.71. The summed E-state index contributed by atoms with van der Waals surface area (Å²) in [4.78, 5) is 0. The Morgan fingerprint density at radius 2 is 2.54 bits per heavy atom. The number of hydrogen-bond donors (Lipinski definition) is 2. The molecule has 0 bridgehead atoms. The summed E-state index contributed by atoms with van der Waals surface area (Å²) in [5, 5.41) is 0.350. The first kappa shape index (κ1) is 10.5. The first-order chi connectivity index (χ1) is 6.29. The van der Waals surface area contributed by atoms with Gasteiger partial charge in [0.05, 0.1) is 18.9 Å². The minimum atomic E-state index is -0.119. The predicted molar refractivity (Wildman–Crippen MR) is 50.3 cm³/mol. The topological polar surface area (TPSA) is 60.4 Å². The highest BCUT2D eigenvalue weighted by molar-refractivity contribution is 6.29. The van der Waals surface area contributed by atoms with E-state index in [-0.39, 0.29) is 6.04 Å². The van der Waals surface area contributed by atoms with Gasteiger partial charge in [-0.1, -0.05) is 0 Å². The minimum absolute atomic E-state index is 0.119. The fraction of sp³-hybridized carbons (Fsp3) is 0.500. The molecule has 1 aromatic rings. The first-order valence-corrected chi connectivity index (χ1v) is 4.44. The molecule has 1 rings (SSSR count). The summed E-state index contributed by atoms with van der Waals surface area (Å²) in [6, 6.07) is 1.65. The van der Waals surface area contributed by atoms with Crippen molar-refractivity contribution in [2.45, 2.75) is 13.0 Å². The van der Waals surface area contributed by atoms with Crippen LogP contribution in [0, 0.1) is 0 Å². The zero-order chi connectivity index (χ0) is 9.68. The summed E-state index contributed by atoms with van der Waals surface area (Å²) in [6.07, 6.45) is 1.52. The second-order valence-corrected chi connectivity index (χ2v) is 2.87. The number of furan rings is 1. The molecular weight excluding hydrogens is 192 g/mol. The summed E-state index contributed by atoms with van der Waals surface area (Å²) < 4.78 is 10.2. The number of rotatable bonds is 5. The number of nitrogens with one attached hydrogen (secondary N) is 1. The summed E-state index contributed by atoms with van der Waals surface area (Å²) in [6.45, 7) is 3.05. The molecule has 1 atom stereocenters. The average molecular weight is 205 g/mol. The minimum Gasteiger partial charge on any atom is -0.453 e.